The number of nitrogens with zero attached hydrogens (tertiary/aromatic N) is 1. The fourth-order valence-corrected chi connectivity index (χ4v) is 4.71. The summed E-state index contributed by atoms with van der Waals surface area (Å²) in [5, 5.41) is 0.426. The van der Waals surface area contributed by atoms with Gasteiger partial charge in [0.2, 0.25) is 15.9 Å². The molecule has 124 valence electrons. The van der Waals surface area contributed by atoms with Crippen molar-refractivity contribution in [2.24, 2.45) is 0 Å². The Balaban J connectivity index is 2.06. The number of rotatable bonds is 6. The van der Waals surface area contributed by atoms with Crippen molar-refractivity contribution >= 4 is 56.2 Å². The molecule has 0 saturated heterocycles. The van der Waals surface area contributed by atoms with Crippen LogP contribution in [0.2, 0.25) is 9.36 Å². The summed E-state index contributed by atoms with van der Waals surface area (Å²) in [5.74, 6) is -0.225. The first-order valence-electron chi connectivity index (χ1n) is 6.59. The summed E-state index contributed by atoms with van der Waals surface area (Å²) in [6.45, 7) is 1.62. The fourth-order valence-electron chi connectivity index (χ4n) is 1.92. The number of thiophene rings is 1. The Labute approximate surface area is 148 Å². The van der Waals surface area contributed by atoms with E-state index in [1.165, 1.54) is 24.0 Å². The predicted octanol–water partition coefficient (Wildman–Crippen LogP) is 3.39. The van der Waals surface area contributed by atoms with Crippen LogP contribution in [0.3, 0.4) is 0 Å². The van der Waals surface area contributed by atoms with Crippen LogP contribution in [0.15, 0.2) is 40.6 Å². The summed E-state index contributed by atoms with van der Waals surface area (Å²) in [5.41, 5.74) is 0.542. The van der Waals surface area contributed by atoms with E-state index in [-0.39, 0.29) is 23.2 Å². The Bertz CT molecular complexity index is 806. The first-order valence-corrected chi connectivity index (χ1v) is 9.64. The van der Waals surface area contributed by atoms with Crippen LogP contribution in [0.1, 0.15) is 6.92 Å². The minimum atomic E-state index is -3.64. The molecule has 23 heavy (non-hydrogen) atoms. The first-order chi connectivity index (χ1) is 10.8. The van der Waals surface area contributed by atoms with Crippen molar-refractivity contribution in [3.05, 3.63) is 45.8 Å². The van der Waals surface area contributed by atoms with E-state index in [9.17, 15) is 13.2 Å². The number of anilines is 1. The number of hydrogen-bond donors (Lipinski definition) is 1. The summed E-state index contributed by atoms with van der Waals surface area (Å²) < 4.78 is 27.2. The maximum absolute atomic E-state index is 12.1. The van der Waals surface area contributed by atoms with Gasteiger partial charge >= 0.3 is 0 Å². The smallest absolute Gasteiger partial charge is 0.250 e. The molecule has 0 spiro atoms. The Morgan fingerprint density at radius 1 is 1.22 bits per heavy atom. The molecule has 0 bridgehead atoms. The van der Waals surface area contributed by atoms with E-state index < -0.39 is 10.0 Å². The van der Waals surface area contributed by atoms with Crippen molar-refractivity contribution in [1.29, 1.82) is 0 Å². The van der Waals surface area contributed by atoms with E-state index >= 15 is 0 Å². The van der Waals surface area contributed by atoms with Gasteiger partial charge in [0.1, 0.15) is 4.21 Å². The summed E-state index contributed by atoms with van der Waals surface area (Å²) >= 11 is 12.8. The van der Waals surface area contributed by atoms with Gasteiger partial charge in [0.25, 0.3) is 0 Å². The highest BCUT2D eigenvalue weighted by Crippen LogP contribution is 2.26. The topological polar surface area (TPSA) is 66.5 Å². The largest absolute Gasteiger partial charge is 0.310 e. The number of amides is 1. The molecule has 1 amide bonds. The van der Waals surface area contributed by atoms with Gasteiger partial charge in [0.15, 0.2) is 0 Å². The molecule has 1 heterocycles. The van der Waals surface area contributed by atoms with Crippen LogP contribution in [-0.2, 0) is 14.8 Å². The number of carbonyl (C=O) groups excluding carboxylic acids is 1. The van der Waals surface area contributed by atoms with Crippen molar-refractivity contribution in [2.75, 3.05) is 18.0 Å². The second kappa shape index (κ2) is 7.63. The molecule has 0 radical (unpaired) electrons. The van der Waals surface area contributed by atoms with E-state index in [4.69, 9.17) is 23.2 Å². The number of nitrogens with one attached hydrogen (secondary N) is 1. The van der Waals surface area contributed by atoms with Crippen LogP contribution in [0.5, 0.6) is 0 Å². The van der Waals surface area contributed by atoms with Gasteiger partial charge in [-0.05, 0) is 24.3 Å². The van der Waals surface area contributed by atoms with Crippen molar-refractivity contribution in [2.45, 2.75) is 11.1 Å². The van der Waals surface area contributed by atoms with E-state index in [0.29, 0.717) is 15.0 Å². The lowest BCUT2D eigenvalue weighted by Gasteiger charge is -2.22. The molecule has 1 aromatic heterocycles. The lowest BCUT2D eigenvalue weighted by Crippen LogP contribution is -2.37. The van der Waals surface area contributed by atoms with Crippen LogP contribution < -0.4 is 9.62 Å². The average Bonchev–Trinajstić information content (AvgIpc) is 2.92. The molecular formula is C14H14Cl2N2O3S2. The molecule has 5 nitrogen and oxygen atoms in total. The maximum Gasteiger partial charge on any atom is 0.250 e. The van der Waals surface area contributed by atoms with E-state index in [1.807, 2.05) is 0 Å². The molecular weight excluding hydrogens is 379 g/mol. The molecule has 0 aliphatic heterocycles. The van der Waals surface area contributed by atoms with Crippen molar-refractivity contribution in [1.82, 2.24) is 4.72 Å². The van der Waals surface area contributed by atoms with Gasteiger partial charge in [-0.2, -0.15) is 0 Å². The highest BCUT2D eigenvalue weighted by Gasteiger charge is 2.18. The molecule has 0 atom stereocenters. The molecule has 2 aromatic rings. The van der Waals surface area contributed by atoms with Crippen LogP contribution in [0, 0.1) is 0 Å². The minimum Gasteiger partial charge on any atom is -0.310 e. The minimum absolute atomic E-state index is 0.0582. The number of para-hydroxylation sites is 1. The summed E-state index contributed by atoms with van der Waals surface area (Å²) in [4.78, 5) is 13.2. The SMILES string of the molecule is CC(=O)N(CCNS(=O)(=O)c1ccc(Cl)s1)c1ccccc1Cl. The summed E-state index contributed by atoms with van der Waals surface area (Å²) in [6.07, 6.45) is 0. The summed E-state index contributed by atoms with van der Waals surface area (Å²) in [6, 6.07) is 9.85. The van der Waals surface area contributed by atoms with Crippen molar-refractivity contribution in [3.8, 4) is 0 Å². The van der Waals surface area contributed by atoms with Gasteiger partial charge in [-0.15, -0.1) is 11.3 Å². The lowest BCUT2D eigenvalue weighted by molar-refractivity contribution is -0.116. The Kier molecular flexibility index (Phi) is 6.05. The third kappa shape index (κ3) is 4.68. The van der Waals surface area contributed by atoms with Gasteiger partial charge in [0, 0.05) is 20.0 Å². The van der Waals surface area contributed by atoms with Crippen LogP contribution in [0.4, 0.5) is 5.69 Å². The number of hydrogen-bond acceptors (Lipinski definition) is 4. The average molecular weight is 393 g/mol. The second-order valence-corrected chi connectivity index (χ2v) is 8.69. The van der Waals surface area contributed by atoms with E-state index in [2.05, 4.69) is 4.72 Å². The van der Waals surface area contributed by atoms with Gasteiger partial charge in [-0.25, -0.2) is 13.1 Å². The van der Waals surface area contributed by atoms with E-state index in [1.54, 1.807) is 24.3 Å². The second-order valence-electron chi connectivity index (χ2n) is 4.58. The molecule has 0 fully saturated rings. The zero-order valence-electron chi connectivity index (χ0n) is 12.1. The standard InChI is InChI=1S/C14H14Cl2N2O3S2/c1-10(19)18(12-5-3-2-4-11(12)15)9-8-17-23(20,21)14-7-6-13(16)22-14/h2-7,17H,8-9H2,1H3. The normalized spacial score (nSPS) is 11.4. The van der Waals surface area contributed by atoms with Gasteiger partial charge in [-0.3, -0.25) is 4.79 Å². The zero-order valence-corrected chi connectivity index (χ0v) is 15.3. The van der Waals surface area contributed by atoms with Crippen LogP contribution in [-0.4, -0.2) is 27.4 Å². The van der Waals surface area contributed by atoms with Crippen LogP contribution >= 0.6 is 34.5 Å². The van der Waals surface area contributed by atoms with Crippen molar-refractivity contribution < 1.29 is 13.2 Å². The molecule has 0 aliphatic carbocycles. The highest BCUT2D eigenvalue weighted by atomic mass is 35.5. The Morgan fingerprint density at radius 3 is 2.48 bits per heavy atom. The maximum atomic E-state index is 12.1. The molecule has 2 rings (SSSR count). The monoisotopic (exact) mass is 392 g/mol. The molecule has 0 aliphatic rings. The molecule has 0 saturated carbocycles. The number of benzene rings is 1. The van der Waals surface area contributed by atoms with Gasteiger partial charge in [0.05, 0.1) is 15.0 Å². The van der Waals surface area contributed by atoms with Crippen LogP contribution in [0.25, 0.3) is 0 Å². The Hall–Kier alpha value is -1.12. The summed E-state index contributed by atoms with van der Waals surface area (Å²) in [7, 11) is -3.64. The number of sulfonamides is 1. The predicted molar refractivity (Wildman–Crippen MR) is 94.0 cm³/mol. The third-order valence-corrected chi connectivity index (χ3v) is 6.47. The molecule has 0 unspecified atom stereocenters. The Morgan fingerprint density at radius 2 is 1.91 bits per heavy atom. The van der Waals surface area contributed by atoms with E-state index in [0.717, 1.165) is 11.3 Å². The lowest BCUT2D eigenvalue weighted by atomic mass is 10.3. The zero-order chi connectivity index (χ0) is 17.0. The quantitative estimate of drug-likeness (QED) is 0.818. The first kappa shape index (κ1) is 18.2. The van der Waals surface area contributed by atoms with Gasteiger partial charge < -0.3 is 4.90 Å². The number of carbonyl (C=O) groups is 1. The third-order valence-electron chi connectivity index (χ3n) is 2.96. The molecule has 9 heteroatoms. The molecule has 1 aromatic carbocycles. The molecule has 1 N–H and O–H groups in total. The van der Waals surface area contributed by atoms with Crippen molar-refractivity contribution in [3.63, 3.8) is 0 Å². The number of halogens is 2. The van der Waals surface area contributed by atoms with Gasteiger partial charge in [-0.1, -0.05) is 35.3 Å². The highest BCUT2D eigenvalue weighted by molar-refractivity contribution is 7.91. The fraction of sp³-hybridized carbons (Fsp3) is 0.214.